The number of hydrogen-bond donors (Lipinski definition) is 2. The Kier molecular flexibility index (Phi) is 6.90. The molecular weight excluding hydrogens is 230 g/mol. The average molecular weight is 259 g/mol. The van der Waals surface area contributed by atoms with E-state index in [0.29, 0.717) is 11.5 Å². The van der Waals surface area contributed by atoms with Crippen LogP contribution in [-0.2, 0) is 0 Å². The number of aliphatic hydroxyl groups is 1. The highest BCUT2D eigenvalue weighted by Gasteiger charge is 2.31. The van der Waals surface area contributed by atoms with Crippen LogP contribution in [0.25, 0.3) is 0 Å². The molecule has 0 heterocycles. The van der Waals surface area contributed by atoms with Gasteiger partial charge in [-0.15, -0.1) is 0 Å². The molecule has 102 valence electrons. The molecule has 2 nitrogen and oxygen atoms in total. The SMILES string of the molecule is CCC(CC)(CS)CN(CCO)C1CCCC1. The standard InChI is InChI=1S/C14H29NOS/c1-3-14(4-2,12-17)11-15(9-10-16)13-7-5-6-8-13/h13,16-17H,3-12H2,1-2H3. The minimum atomic E-state index is 0.284. The summed E-state index contributed by atoms with van der Waals surface area (Å²) in [6.45, 7) is 6.76. The molecule has 1 aliphatic rings. The van der Waals surface area contributed by atoms with Crippen LogP contribution in [0.4, 0.5) is 0 Å². The Balaban J connectivity index is 2.62. The van der Waals surface area contributed by atoms with Gasteiger partial charge in [-0.2, -0.15) is 12.6 Å². The second-order valence-electron chi connectivity index (χ2n) is 5.50. The van der Waals surface area contributed by atoms with Crippen molar-refractivity contribution in [3.63, 3.8) is 0 Å². The Hall–Kier alpha value is 0.270. The lowest BCUT2D eigenvalue weighted by Gasteiger charge is -2.39. The topological polar surface area (TPSA) is 23.5 Å². The van der Waals surface area contributed by atoms with E-state index in [1.165, 1.54) is 38.5 Å². The summed E-state index contributed by atoms with van der Waals surface area (Å²) in [5, 5.41) is 9.25. The van der Waals surface area contributed by atoms with Gasteiger partial charge in [-0.3, -0.25) is 4.90 Å². The fourth-order valence-electron chi connectivity index (χ4n) is 2.97. The first-order valence-electron chi connectivity index (χ1n) is 7.17. The molecule has 0 amide bonds. The van der Waals surface area contributed by atoms with E-state index >= 15 is 0 Å². The van der Waals surface area contributed by atoms with E-state index in [4.69, 9.17) is 0 Å². The third kappa shape index (κ3) is 4.15. The highest BCUT2D eigenvalue weighted by atomic mass is 32.1. The van der Waals surface area contributed by atoms with E-state index in [1.54, 1.807) is 0 Å². The molecule has 0 aromatic heterocycles. The Morgan fingerprint density at radius 1 is 1.24 bits per heavy atom. The molecule has 1 aliphatic carbocycles. The molecule has 0 atom stereocenters. The Labute approximate surface area is 112 Å². The lowest BCUT2D eigenvalue weighted by Crippen LogP contribution is -2.44. The summed E-state index contributed by atoms with van der Waals surface area (Å²) in [6, 6.07) is 0.708. The van der Waals surface area contributed by atoms with Crippen LogP contribution in [0.1, 0.15) is 52.4 Å². The highest BCUT2D eigenvalue weighted by Crippen LogP contribution is 2.32. The molecule has 0 aromatic rings. The minimum absolute atomic E-state index is 0.284. The van der Waals surface area contributed by atoms with Crippen molar-refractivity contribution in [3.05, 3.63) is 0 Å². The third-order valence-electron chi connectivity index (χ3n) is 4.60. The summed E-state index contributed by atoms with van der Waals surface area (Å²) in [5.41, 5.74) is 0.334. The molecular formula is C14H29NOS. The molecule has 0 unspecified atom stereocenters. The van der Waals surface area contributed by atoms with Crippen LogP contribution >= 0.6 is 12.6 Å². The molecule has 1 N–H and O–H groups in total. The zero-order chi connectivity index (χ0) is 12.7. The number of rotatable bonds is 8. The monoisotopic (exact) mass is 259 g/mol. The van der Waals surface area contributed by atoms with Gasteiger partial charge < -0.3 is 5.11 Å². The van der Waals surface area contributed by atoms with Crippen LogP contribution in [0.2, 0.25) is 0 Å². The second kappa shape index (κ2) is 7.65. The van der Waals surface area contributed by atoms with Crippen molar-refractivity contribution in [2.45, 2.75) is 58.4 Å². The van der Waals surface area contributed by atoms with Gasteiger partial charge in [0.2, 0.25) is 0 Å². The third-order valence-corrected chi connectivity index (χ3v) is 5.27. The molecule has 17 heavy (non-hydrogen) atoms. The average Bonchev–Trinajstić information content (AvgIpc) is 2.89. The summed E-state index contributed by atoms with van der Waals surface area (Å²) in [4.78, 5) is 2.52. The molecule has 0 spiro atoms. The number of hydrogen-bond acceptors (Lipinski definition) is 3. The van der Waals surface area contributed by atoms with E-state index in [1.807, 2.05) is 0 Å². The summed E-state index contributed by atoms with van der Waals surface area (Å²) in [5.74, 6) is 0.953. The molecule has 0 radical (unpaired) electrons. The van der Waals surface area contributed by atoms with Crippen LogP contribution in [0.3, 0.4) is 0 Å². The van der Waals surface area contributed by atoms with Gasteiger partial charge >= 0.3 is 0 Å². The highest BCUT2D eigenvalue weighted by molar-refractivity contribution is 7.80. The van der Waals surface area contributed by atoms with Gasteiger partial charge in [-0.25, -0.2) is 0 Å². The van der Waals surface area contributed by atoms with Crippen molar-refractivity contribution in [1.29, 1.82) is 0 Å². The molecule has 1 fully saturated rings. The van der Waals surface area contributed by atoms with E-state index in [2.05, 4.69) is 31.4 Å². The van der Waals surface area contributed by atoms with Crippen molar-refractivity contribution in [1.82, 2.24) is 4.90 Å². The fourth-order valence-corrected chi connectivity index (χ4v) is 3.51. The molecule has 0 saturated heterocycles. The van der Waals surface area contributed by atoms with Gasteiger partial charge in [0.05, 0.1) is 6.61 Å². The molecule has 0 aromatic carbocycles. The van der Waals surface area contributed by atoms with Gasteiger partial charge in [0.15, 0.2) is 0 Å². The van der Waals surface area contributed by atoms with Crippen molar-refractivity contribution in [2.24, 2.45) is 5.41 Å². The van der Waals surface area contributed by atoms with E-state index in [0.717, 1.165) is 18.8 Å². The maximum atomic E-state index is 9.25. The number of thiol groups is 1. The largest absolute Gasteiger partial charge is 0.395 e. The zero-order valence-electron chi connectivity index (χ0n) is 11.5. The predicted molar refractivity (Wildman–Crippen MR) is 77.8 cm³/mol. The minimum Gasteiger partial charge on any atom is -0.395 e. The Morgan fingerprint density at radius 3 is 2.24 bits per heavy atom. The zero-order valence-corrected chi connectivity index (χ0v) is 12.4. The molecule has 1 saturated carbocycles. The van der Waals surface area contributed by atoms with E-state index in [9.17, 15) is 5.11 Å². The van der Waals surface area contributed by atoms with Crippen LogP contribution in [0.5, 0.6) is 0 Å². The normalized spacial score (nSPS) is 18.2. The second-order valence-corrected chi connectivity index (χ2v) is 5.81. The summed E-state index contributed by atoms with van der Waals surface area (Å²) in [7, 11) is 0. The maximum Gasteiger partial charge on any atom is 0.0558 e. The smallest absolute Gasteiger partial charge is 0.0558 e. The van der Waals surface area contributed by atoms with E-state index in [-0.39, 0.29) is 6.61 Å². The van der Waals surface area contributed by atoms with Gasteiger partial charge in [-0.1, -0.05) is 26.7 Å². The lowest BCUT2D eigenvalue weighted by molar-refractivity contribution is 0.0940. The Bertz CT molecular complexity index is 192. The van der Waals surface area contributed by atoms with Crippen molar-refractivity contribution >= 4 is 12.6 Å². The molecule has 3 heteroatoms. The van der Waals surface area contributed by atoms with Crippen LogP contribution < -0.4 is 0 Å². The van der Waals surface area contributed by atoms with Gasteiger partial charge in [0, 0.05) is 19.1 Å². The van der Waals surface area contributed by atoms with Gasteiger partial charge in [0.25, 0.3) is 0 Å². The van der Waals surface area contributed by atoms with Gasteiger partial charge in [0.1, 0.15) is 0 Å². The van der Waals surface area contributed by atoms with Gasteiger partial charge in [-0.05, 0) is 36.9 Å². The Morgan fingerprint density at radius 2 is 1.82 bits per heavy atom. The quantitative estimate of drug-likeness (QED) is 0.655. The summed E-state index contributed by atoms with van der Waals surface area (Å²) in [6.07, 6.45) is 7.72. The van der Waals surface area contributed by atoms with Crippen LogP contribution in [-0.4, -0.2) is 41.5 Å². The molecule has 0 bridgehead atoms. The summed E-state index contributed by atoms with van der Waals surface area (Å²) < 4.78 is 0. The van der Waals surface area contributed by atoms with Crippen LogP contribution in [0, 0.1) is 5.41 Å². The molecule has 1 rings (SSSR count). The predicted octanol–water partition coefficient (Wildman–Crippen LogP) is 2.96. The van der Waals surface area contributed by atoms with Crippen LogP contribution in [0.15, 0.2) is 0 Å². The maximum absolute atomic E-state index is 9.25. The first-order valence-corrected chi connectivity index (χ1v) is 7.80. The van der Waals surface area contributed by atoms with Crippen molar-refractivity contribution in [2.75, 3.05) is 25.4 Å². The summed E-state index contributed by atoms with van der Waals surface area (Å²) >= 11 is 4.56. The van der Waals surface area contributed by atoms with E-state index < -0.39 is 0 Å². The molecule has 0 aliphatic heterocycles. The first kappa shape index (κ1) is 15.3. The number of aliphatic hydroxyl groups excluding tert-OH is 1. The lowest BCUT2D eigenvalue weighted by atomic mass is 9.83. The first-order chi connectivity index (χ1) is 8.21. The fraction of sp³-hybridized carbons (Fsp3) is 1.00. The number of nitrogens with zero attached hydrogens (tertiary/aromatic N) is 1. The van der Waals surface area contributed by atoms with Crippen molar-refractivity contribution in [3.8, 4) is 0 Å². The van der Waals surface area contributed by atoms with Crippen molar-refractivity contribution < 1.29 is 5.11 Å².